The van der Waals surface area contributed by atoms with Gasteiger partial charge >= 0.3 is 0 Å². The van der Waals surface area contributed by atoms with Crippen LogP contribution >= 0.6 is 0 Å². The molecule has 136 valence electrons. The zero-order valence-corrected chi connectivity index (χ0v) is 14.8. The van der Waals surface area contributed by atoms with E-state index in [1.165, 1.54) is 38.4 Å². The molecule has 0 unspecified atom stereocenters. The van der Waals surface area contributed by atoms with Crippen molar-refractivity contribution in [1.82, 2.24) is 9.80 Å². The van der Waals surface area contributed by atoms with Crippen LogP contribution in [0.4, 0.5) is 4.39 Å². The van der Waals surface area contributed by atoms with Gasteiger partial charge in [-0.25, -0.2) is 4.39 Å². The molecule has 0 radical (unpaired) electrons. The molecule has 0 aromatic heterocycles. The highest BCUT2D eigenvalue weighted by Crippen LogP contribution is 2.36. The lowest BCUT2D eigenvalue weighted by Crippen LogP contribution is -2.66. The van der Waals surface area contributed by atoms with Crippen LogP contribution in [0.25, 0.3) is 0 Å². The van der Waals surface area contributed by atoms with Crippen LogP contribution in [0.15, 0.2) is 24.3 Å². The van der Waals surface area contributed by atoms with Gasteiger partial charge in [0.2, 0.25) is 5.91 Å². The number of nitrogens with zero attached hydrogens (tertiary/aromatic N) is 2. The fourth-order valence-corrected chi connectivity index (χ4v) is 4.38. The number of amides is 1. The van der Waals surface area contributed by atoms with Gasteiger partial charge < -0.3 is 14.5 Å². The Bertz CT molecular complexity index is 614. The highest BCUT2D eigenvalue weighted by atomic mass is 19.1. The third-order valence-electron chi connectivity index (χ3n) is 5.96. The maximum Gasteiger partial charge on any atom is 0.227 e. The molecular formula is C20H27FN2O2. The third-order valence-corrected chi connectivity index (χ3v) is 5.96. The molecule has 3 fully saturated rings. The number of halogens is 1. The van der Waals surface area contributed by atoms with Gasteiger partial charge in [0.25, 0.3) is 0 Å². The predicted octanol–water partition coefficient (Wildman–Crippen LogP) is 2.47. The van der Waals surface area contributed by atoms with E-state index in [9.17, 15) is 9.18 Å². The van der Waals surface area contributed by atoms with Gasteiger partial charge in [-0.15, -0.1) is 0 Å². The second kappa shape index (κ2) is 7.04. The molecule has 1 aromatic rings. The van der Waals surface area contributed by atoms with Gasteiger partial charge in [-0.05, 0) is 56.3 Å². The summed E-state index contributed by atoms with van der Waals surface area (Å²) in [5.41, 5.74) is 0.343. The van der Waals surface area contributed by atoms with E-state index >= 15 is 0 Å². The van der Waals surface area contributed by atoms with E-state index in [2.05, 4.69) is 4.90 Å². The first kappa shape index (κ1) is 17.0. The summed E-state index contributed by atoms with van der Waals surface area (Å²) in [4.78, 5) is 16.7. The van der Waals surface area contributed by atoms with Crippen LogP contribution < -0.4 is 0 Å². The second-order valence-electron chi connectivity index (χ2n) is 7.92. The van der Waals surface area contributed by atoms with Crippen molar-refractivity contribution in [2.45, 2.75) is 37.7 Å². The minimum atomic E-state index is -0.301. The molecule has 4 nitrogen and oxygen atoms in total. The Morgan fingerprint density at radius 2 is 2.00 bits per heavy atom. The first-order chi connectivity index (χ1) is 12.1. The molecule has 1 aromatic carbocycles. The van der Waals surface area contributed by atoms with E-state index in [0.717, 1.165) is 19.6 Å². The minimum Gasteiger partial charge on any atom is -0.371 e. The summed E-state index contributed by atoms with van der Waals surface area (Å²) in [6.45, 7) is 5.77. The van der Waals surface area contributed by atoms with Gasteiger partial charge in [0.05, 0.1) is 26.1 Å². The lowest BCUT2D eigenvalue weighted by atomic mass is 9.82. The predicted molar refractivity (Wildman–Crippen MR) is 93.8 cm³/mol. The largest absolute Gasteiger partial charge is 0.371 e. The first-order valence-corrected chi connectivity index (χ1v) is 9.51. The number of carbonyl (C=O) groups is 1. The number of hydrogen-bond acceptors (Lipinski definition) is 3. The molecule has 25 heavy (non-hydrogen) atoms. The molecule has 0 aliphatic carbocycles. The van der Waals surface area contributed by atoms with Crippen LogP contribution in [0.5, 0.6) is 0 Å². The normalized spacial score (nSPS) is 26.0. The van der Waals surface area contributed by atoms with Crippen molar-refractivity contribution in [3.63, 3.8) is 0 Å². The van der Waals surface area contributed by atoms with Crippen molar-refractivity contribution in [3.05, 3.63) is 35.6 Å². The first-order valence-electron chi connectivity index (χ1n) is 9.51. The Morgan fingerprint density at radius 3 is 2.68 bits per heavy atom. The van der Waals surface area contributed by atoms with E-state index in [0.29, 0.717) is 24.6 Å². The monoisotopic (exact) mass is 346 g/mol. The summed E-state index contributed by atoms with van der Waals surface area (Å²) < 4.78 is 19.9. The summed E-state index contributed by atoms with van der Waals surface area (Å²) in [7, 11) is 0. The molecule has 3 aliphatic rings. The highest BCUT2D eigenvalue weighted by molar-refractivity contribution is 5.80. The summed E-state index contributed by atoms with van der Waals surface area (Å²) >= 11 is 0. The van der Waals surface area contributed by atoms with Crippen LogP contribution in [0, 0.1) is 11.7 Å². The summed E-state index contributed by atoms with van der Waals surface area (Å²) in [6.07, 6.45) is 5.02. The molecule has 1 atom stereocenters. The van der Waals surface area contributed by atoms with Crippen molar-refractivity contribution < 1.29 is 13.9 Å². The molecule has 3 aliphatic heterocycles. The lowest BCUT2D eigenvalue weighted by Gasteiger charge is -2.53. The Morgan fingerprint density at radius 1 is 1.24 bits per heavy atom. The van der Waals surface area contributed by atoms with E-state index in [-0.39, 0.29) is 23.7 Å². The van der Waals surface area contributed by atoms with Crippen LogP contribution in [-0.4, -0.2) is 60.6 Å². The molecule has 1 amide bonds. The van der Waals surface area contributed by atoms with Crippen molar-refractivity contribution in [1.29, 1.82) is 0 Å². The van der Waals surface area contributed by atoms with Crippen molar-refractivity contribution in [3.8, 4) is 0 Å². The molecule has 1 spiro atoms. The standard InChI is InChI=1S/C20H27FN2O2/c21-18-6-2-1-5-17(18)11-19(24)23-14-20(15-23)8-7-16(13-25-20)12-22-9-3-4-10-22/h1-2,5-6,16H,3-4,7-15H2/t16-/m1/s1. The maximum atomic E-state index is 13.7. The van der Waals surface area contributed by atoms with Crippen LogP contribution in [-0.2, 0) is 16.0 Å². The molecular weight excluding hydrogens is 319 g/mol. The number of benzene rings is 1. The topological polar surface area (TPSA) is 32.8 Å². The molecule has 0 saturated carbocycles. The van der Waals surface area contributed by atoms with E-state index < -0.39 is 0 Å². The third kappa shape index (κ3) is 3.72. The average Bonchev–Trinajstić information content (AvgIpc) is 3.09. The highest BCUT2D eigenvalue weighted by Gasteiger charge is 2.48. The zero-order valence-electron chi connectivity index (χ0n) is 14.8. The quantitative estimate of drug-likeness (QED) is 0.840. The molecule has 3 saturated heterocycles. The number of likely N-dealkylation sites (tertiary alicyclic amines) is 2. The number of rotatable bonds is 4. The molecule has 0 N–H and O–H groups in total. The van der Waals surface area contributed by atoms with Crippen LogP contribution in [0.2, 0.25) is 0 Å². The summed E-state index contributed by atoms with van der Waals surface area (Å²) in [5, 5.41) is 0. The summed E-state index contributed by atoms with van der Waals surface area (Å²) in [5.74, 6) is 0.329. The average molecular weight is 346 g/mol. The molecule has 3 heterocycles. The Hall–Kier alpha value is -1.46. The minimum absolute atomic E-state index is 0.00137. The van der Waals surface area contributed by atoms with E-state index in [4.69, 9.17) is 4.74 Å². The van der Waals surface area contributed by atoms with E-state index in [1.54, 1.807) is 18.2 Å². The smallest absolute Gasteiger partial charge is 0.227 e. The molecule has 5 heteroatoms. The van der Waals surface area contributed by atoms with Crippen LogP contribution in [0.3, 0.4) is 0 Å². The van der Waals surface area contributed by atoms with Gasteiger partial charge in [-0.3, -0.25) is 4.79 Å². The zero-order chi connectivity index (χ0) is 17.3. The summed E-state index contributed by atoms with van der Waals surface area (Å²) in [6, 6.07) is 6.51. The Balaban J connectivity index is 1.23. The van der Waals surface area contributed by atoms with Crippen molar-refractivity contribution in [2.24, 2.45) is 5.92 Å². The van der Waals surface area contributed by atoms with Gasteiger partial charge in [-0.2, -0.15) is 0 Å². The van der Waals surface area contributed by atoms with Crippen molar-refractivity contribution >= 4 is 5.91 Å². The SMILES string of the molecule is O=C(Cc1ccccc1F)N1CC2(CC[C@H](CN3CCCC3)CO2)C1. The second-order valence-corrected chi connectivity index (χ2v) is 7.92. The lowest BCUT2D eigenvalue weighted by molar-refractivity contribution is -0.189. The van der Waals surface area contributed by atoms with E-state index in [1.807, 2.05) is 4.90 Å². The Kier molecular flexibility index (Phi) is 4.78. The number of carbonyl (C=O) groups excluding carboxylic acids is 1. The number of hydrogen-bond donors (Lipinski definition) is 0. The number of ether oxygens (including phenoxy) is 1. The van der Waals surface area contributed by atoms with Gasteiger partial charge in [-0.1, -0.05) is 18.2 Å². The fraction of sp³-hybridized carbons (Fsp3) is 0.650. The van der Waals surface area contributed by atoms with Gasteiger partial charge in [0.1, 0.15) is 11.4 Å². The maximum absolute atomic E-state index is 13.7. The Labute approximate surface area is 148 Å². The van der Waals surface area contributed by atoms with Crippen LogP contribution in [0.1, 0.15) is 31.2 Å². The molecule has 0 bridgehead atoms. The fourth-order valence-electron chi connectivity index (χ4n) is 4.38. The van der Waals surface area contributed by atoms with Gasteiger partial charge in [0, 0.05) is 6.54 Å². The van der Waals surface area contributed by atoms with Crippen molar-refractivity contribution in [2.75, 3.05) is 39.3 Å². The van der Waals surface area contributed by atoms with Gasteiger partial charge in [0.15, 0.2) is 0 Å². The molecule has 4 rings (SSSR count).